The average Bonchev–Trinajstić information content (AvgIpc) is 2.36. The molecule has 0 aromatic rings. The van der Waals surface area contributed by atoms with E-state index in [-0.39, 0.29) is 29.7 Å². The summed E-state index contributed by atoms with van der Waals surface area (Å²) in [7, 11) is 0. The molecule has 136 valence electrons. The summed E-state index contributed by atoms with van der Waals surface area (Å²) in [5, 5.41) is 0. The molecule has 0 heterocycles. The summed E-state index contributed by atoms with van der Waals surface area (Å²) < 4.78 is 0. The Morgan fingerprint density at radius 1 is 0.524 bits per heavy atom. The number of rotatable bonds is 12. The fraction of sp³-hybridized carbons (Fsp3) is 1.00. The van der Waals surface area contributed by atoms with Gasteiger partial charge in [0.15, 0.2) is 0 Å². The van der Waals surface area contributed by atoms with Gasteiger partial charge in [0.1, 0.15) is 0 Å². The number of unbranched alkanes of at least 4 members (excludes halogenated alkanes) is 4. The maximum atomic E-state index is 2.38. The molecule has 0 saturated carbocycles. The quantitative estimate of drug-likeness (QED) is 0.315. The van der Waals surface area contributed by atoms with Crippen molar-refractivity contribution in [2.45, 2.75) is 128 Å². The van der Waals surface area contributed by atoms with Gasteiger partial charge in [-0.2, -0.15) is 0 Å². The summed E-state index contributed by atoms with van der Waals surface area (Å²) in [4.78, 5) is 0. The molecule has 0 aliphatic carbocycles. The van der Waals surface area contributed by atoms with Crippen molar-refractivity contribution in [3.63, 3.8) is 0 Å². The Balaban J connectivity index is -0.000000213. The zero-order valence-corrected chi connectivity index (χ0v) is 12.9. The van der Waals surface area contributed by atoms with Gasteiger partial charge in [0.2, 0.25) is 0 Å². The smallest absolute Gasteiger partial charge is 0.0414 e. The highest BCUT2D eigenvalue weighted by Gasteiger charge is 2.13. The van der Waals surface area contributed by atoms with Crippen molar-refractivity contribution >= 4 is 0 Å². The predicted molar refractivity (Wildman–Crippen MR) is 107 cm³/mol. The molecular weight excluding hydrogens is 252 g/mol. The van der Waals surface area contributed by atoms with Crippen molar-refractivity contribution in [1.82, 2.24) is 0 Å². The molecule has 0 N–H and O–H groups in total. The minimum atomic E-state index is 0. The van der Waals surface area contributed by atoms with E-state index in [1.54, 1.807) is 0 Å². The first-order valence-corrected chi connectivity index (χ1v) is 8.28. The molecule has 0 spiro atoms. The first-order chi connectivity index (χ1) is 8.28. The molecule has 0 aliphatic heterocycles. The summed E-state index contributed by atoms with van der Waals surface area (Å²) >= 11 is 0. The van der Waals surface area contributed by atoms with Gasteiger partial charge in [-0.15, -0.1) is 0 Å². The molecule has 0 radical (unpaired) electrons. The summed E-state index contributed by atoms with van der Waals surface area (Å²) in [6, 6.07) is 0. The van der Waals surface area contributed by atoms with Crippen molar-refractivity contribution in [2.24, 2.45) is 11.8 Å². The maximum absolute atomic E-state index is 2.38. The van der Waals surface area contributed by atoms with E-state index in [9.17, 15) is 0 Å². The zero-order valence-electron chi connectivity index (χ0n) is 12.9. The van der Waals surface area contributed by atoms with E-state index in [0.29, 0.717) is 0 Å². The van der Waals surface area contributed by atoms with Crippen LogP contribution < -0.4 is 0 Å². The topological polar surface area (TPSA) is 0 Å². The second-order valence-electron chi connectivity index (χ2n) is 5.78. The summed E-state index contributed by atoms with van der Waals surface area (Å²) in [6.45, 7) is 9.38. The number of hydrogen-bond acceptors (Lipinski definition) is 0. The van der Waals surface area contributed by atoms with Crippen molar-refractivity contribution in [2.75, 3.05) is 0 Å². The molecule has 21 heavy (non-hydrogen) atoms. The lowest BCUT2D eigenvalue weighted by Gasteiger charge is -2.21. The average molecular weight is 305 g/mol. The molecule has 0 heteroatoms. The highest BCUT2D eigenvalue weighted by Crippen LogP contribution is 2.27. The Kier molecular flexibility index (Phi) is 39.0. The van der Waals surface area contributed by atoms with Crippen molar-refractivity contribution in [1.29, 1.82) is 0 Å². The van der Waals surface area contributed by atoms with Crippen molar-refractivity contribution in [3.8, 4) is 0 Å². The van der Waals surface area contributed by atoms with Gasteiger partial charge in [-0.3, -0.25) is 0 Å². The minimum absolute atomic E-state index is 0. The van der Waals surface area contributed by atoms with Gasteiger partial charge in [-0.05, 0) is 18.3 Å². The molecule has 0 aliphatic rings. The Morgan fingerprint density at radius 2 is 0.857 bits per heavy atom. The maximum Gasteiger partial charge on any atom is -0.0414 e. The molecule has 2 unspecified atom stereocenters. The third-order valence-corrected chi connectivity index (χ3v) is 4.25. The Labute approximate surface area is 140 Å². The van der Waals surface area contributed by atoms with Gasteiger partial charge in [0.05, 0.1) is 0 Å². The zero-order chi connectivity index (χ0) is 12.9. The van der Waals surface area contributed by atoms with E-state index < -0.39 is 0 Å². The van der Waals surface area contributed by atoms with Crippen LogP contribution in [0.5, 0.6) is 0 Å². The van der Waals surface area contributed by atoms with Crippen LogP contribution in [0.25, 0.3) is 0 Å². The molecule has 0 bridgehead atoms. The van der Waals surface area contributed by atoms with Crippen LogP contribution in [-0.4, -0.2) is 0 Å². The first-order valence-electron chi connectivity index (χ1n) is 8.28. The summed E-state index contributed by atoms with van der Waals surface area (Å²) in [5.41, 5.74) is 0. The van der Waals surface area contributed by atoms with Gasteiger partial charge in [-0.1, -0.05) is 122 Å². The van der Waals surface area contributed by atoms with Gasteiger partial charge < -0.3 is 0 Å². The van der Waals surface area contributed by atoms with Crippen molar-refractivity contribution < 1.29 is 0 Å². The van der Waals surface area contributed by atoms with Crippen LogP contribution in [0.3, 0.4) is 0 Å². The molecule has 0 fully saturated rings. The van der Waals surface area contributed by atoms with E-state index >= 15 is 0 Å². The van der Waals surface area contributed by atoms with Crippen molar-refractivity contribution in [3.05, 3.63) is 0 Å². The molecule has 0 aromatic carbocycles. The fourth-order valence-electron chi connectivity index (χ4n) is 2.81. The summed E-state index contributed by atoms with van der Waals surface area (Å²) in [5.74, 6) is 2.02. The van der Waals surface area contributed by atoms with Crippen LogP contribution >= 0.6 is 0 Å². The third kappa shape index (κ3) is 20.0. The molecule has 0 aromatic heterocycles. The third-order valence-electron chi connectivity index (χ3n) is 4.25. The largest absolute Gasteiger partial charge is 0.0776 e. The van der Waals surface area contributed by atoms with Gasteiger partial charge in [0, 0.05) is 0 Å². The molecule has 2 atom stereocenters. The van der Waals surface area contributed by atoms with E-state index in [1.807, 2.05) is 0 Å². The lowest BCUT2D eigenvalue weighted by molar-refractivity contribution is 0.309. The Morgan fingerprint density at radius 3 is 1.10 bits per heavy atom. The van der Waals surface area contributed by atoms with Gasteiger partial charge in [0.25, 0.3) is 0 Å². The lowest BCUT2D eigenvalue weighted by atomic mass is 9.84. The SMILES string of the molecule is C.C.C.C.CCCCCC(CC)CC(CC)CCCCC. The summed E-state index contributed by atoms with van der Waals surface area (Å²) in [6.07, 6.45) is 15.8. The van der Waals surface area contributed by atoms with Crippen LogP contribution in [0.1, 0.15) is 128 Å². The van der Waals surface area contributed by atoms with Gasteiger partial charge >= 0.3 is 0 Å². The Hall–Kier alpha value is 0. The van der Waals surface area contributed by atoms with E-state index in [4.69, 9.17) is 0 Å². The molecule has 0 saturated heterocycles. The molecule has 0 rings (SSSR count). The predicted octanol–water partition coefficient (Wildman–Crippen LogP) is 9.13. The fourth-order valence-corrected chi connectivity index (χ4v) is 2.81. The Bertz CT molecular complexity index is 123. The van der Waals surface area contributed by atoms with E-state index in [1.165, 1.54) is 70.6 Å². The standard InChI is InChI=1S/C17H36.4CH4/c1-5-9-11-13-16(7-3)15-17(8-4)14-12-10-6-2;;;;/h16-17H,5-15H2,1-4H3;4*1H4. The number of hydrogen-bond donors (Lipinski definition) is 0. The minimum Gasteiger partial charge on any atom is -0.0776 e. The highest BCUT2D eigenvalue weighted by atomic mass is 14.2. The molecular formula is C21H52. The highest BCUT2D eigenvalue weighted by molar-refractivity contribution is 4.65. The first kappa shape index (κ1) is 32.8. The molecule has 0 amide bonds. The van der Waals surface area contributed by atoms with Crippen LogP contribution in [-0.2, 0) is 0 Å². The monoisotopic (exact) mass is 304 g/mol. The normalized spacial score (nSPS) is 12.0. The van der Waals surface area contributed by atoms with E-state index in [0.717, 1.165) is 11.8 Å². The second-order valence-corrected chi connectivity index (χ2v) is 5.78. The lowest BCUT2D eigenvalue weighted by Crippen LogP contribution is -2.08. The van der Waals surface area contributed by atoms with Crippen LogP contribution in [0, 0.1) is 11.8 Å². The second kappa shape index (κ2) is 25.0. The van der Waals surface area contributed by atoms with Crippen LogP contribution in [0.4, 0.5) is 0 Å². The van der Waals surface area contributed by atoms with Crippen LogP contribution in [0.15, 0.2) is 0 Å². The van der Waals surface area contributed by atoms with E-state index in [2.05, 4.69) is 27.7 Å². The van der Waals surface area contributed by atoms with Crippen LogP contribution in [0.2, 0.25) is 0 Å². The molecule has 0 nitrogen and oxygen atoms in total. The van der Waals surface area contributed by atoms with Gasteiger partial charge in [-0.25, -0.2) is 0 Å².